The van der Waals surface area contributed by atoms with Gasteiger partial charge in [0, 0.05) is 17.1 Å². The van der Waals surface area contributed by atoms with Crippen LogP contribution in [0.5, 0.6) is 0 Å². The maximum Gasteiger partial charge on any atom is 0.338 e. The highest BCUT2D eigenvalue weighted by molar-refractivity contribution is 6.09. The molecule has 4 rings (SSSR count). The number of aliphatic hydroxyl groups is 1. The molecule has 0 unspecified atom stereocenters. The number of rotatable bonds is 3. The summed E-state index contributed by atoms with van der Waals surface area (Å²) < 4.78 is 4.74. The minimum absolute atomic E-state index is 0.0425. The Morgan fingerprint density at radius 2 is 1.93 bits per heavy atom. The summed E-state index contributed by atoms with van der Waals surface area (Å²) in [5.74, 6) is -1.24. The number of amides is 1. The minimum atomic E-state index is -0.713. The lowest BCUT2D eigenvalue weighted by Crippen LogP contribution is -2.30. The van der Waals surface area contributed by atoms with Gasteiger partial charge in [-0.2, -0.15) is 0 Å². The molecule has 0 atom stereocenters. The molecule has 2 aromatic carbocycles. The van der Waals surface area contributed by atoms with Gasteiger partial charge in [-0.05, 0) is 29.8 Å². The van der Waals surface area contributed by atoms with Crippen LogP contribution in [0.2, 0.25) is 0 Å². The van der Waals surface area contributed by atoms with Crippen LogP contribution in [0.25, 0.3) is 16.7 Å². The van der Waals surface area contributed by atoms with Gasteiger partial charge in [0.1, 0.15) is 5.76 Å². The smallest absolute Gasteiger partial charge is 0.338 e. The number of aromatic nitrogens is 1. The Balaban J connectivity index is 1.76. The first-order chi connectivity index (χ1) is 13.6. The topological polar surface area (TPSA) is 79.7 Å². The molecule has 0 saturated carbocycles. The molecule has 0 radical (unpaired) electrons. The normalized spacial score (nSPS) is 14.0. The van der Waals surface area contributed by atoms with Gasteiger partial charge in [0.05, 0.1) is 36.9 Å². The van der Waals surface area contributed by atoms with Crippen LogP contribution in [-0.2, 0) is 20.9 Å². The van der Waals surface area contributed by atoms with Crippen molar-refractivity contribution in [3.63, 3.8) is 0 Å². The second kappa shape index (κ2) is 7.15. The molecule has 0 spiro atoms. The summed E-state index contributed by atoms with van der Waals surface area (Å²) >= 11 is 0. The summed E-state index contributed by atoms with van der Waals surface area (Å²) in [6, 6.07) is 16.7. The number of pyridine rings is 1. The molecular formula is C22H18N2O4. The van der Waals surface area contributed by atoms with E-state index in [4.69, 9.17) is 4.74 Å². The number of hydrogen-bond donors (Lipinski definition) is 1. The second-order valence-electron chi connectivity index (χ2n) is 6.53. The highest BCUT2D eigenvalue weighted by Crippen LogP contribution is 2.34. The van der Waals surface area contributed by atoms with E-state index >= 15 is 0 Å². The molecular weight excluding hydrogens is 356 g/mol. The Hall–Kier alpha value is -3.67. The van der Waals surface area contributed by atoms with Gasteiger partial charge in [-0.15, -0.1) is 0 Å². The van der Waals surface area contributed by atoms with E-state index < -0.39 is 5.97 Å². The number of benzene rings is 2. The van der Waals surface area contributed by atoms with Crippen molar-refractivity contribution < 1.29 is 19.4 Å². The first kappa shape index (κ1) is 17.7. The van der Waals surface area contributed by atoms with Gasteiger partial charge in [0.2, 0.25) is 5.91 Å². The summed E-state index contributed by atoms with van der Waals surface area (Å²) in [6.45, 7) is 0.273. The zero-order chi connectivity index (χ0) is 19.7. The van der Waals surface area contributed by atoms with Crippen LogP contribution in [0.3, 0.4) is 0 Å². The summed E-state index contributed by atoms with van der Waals surface area (Å²) in [5.41, 5.74) is 2.64. The lowest BCUT2D eigenvalue weighted by molar-refractivity contribution is -0.137. The maximum absolute atomic E-state index is 13.0. The van der Waals surface area contributed by atoms with Crippen molar-refractivity contribution in [2.45, 2.75) is 13.0 Å². The predicted molar refractivity (Wildman–Crippen MR) is 106 cm³/mol. The molecule has 0 saturated heterocycles. The quantitative estimate of drug-likeness (QED) is 0.709. The fourth-order valence-corrected chi connectivity index (χ4v) is 3.39. The molecule has 140 valence electrons. The van der Waals surface area contributed by atoms with E-state index in [2.05, 4.69) is 4.98 Å². The SMILES string of the molecule is COC(=O)C1=C(O)c2ccccc2N(Cc2cnc3ccccc3c2)C(=O)C1. The molecule has 1 aromatic heterocycles. The molecule has 1 amide bonds. The third-order valence-electron chi connectivity index (χ3n) is 4.78. The summed E-state index contributed by atoms with van der Waals surface area (Å²) in [7, 11) is 1.22. The van der Waals surface area contributed by atoms with Gasteiger partial charge in [-0.25, -0.2) is 4.79 Å². The van der Waals surface area contributed by atoms with Crippen LogP contribution >= 0.6 is 0 Å². The third-order valence-corrected chi connectivity index (χ3v) is 4.78. The van der Waals surface area contributed by atoms with E-state index in [0.29, 0.717) is 11.3 Å². The molecule has 28 heavy (non-hydrogen) atoms. The van der Waals surface area contributed by atoms with E-state index in [-0.39, 0.29) is 30.2 Å². The number of hydrogen-bond acceptors (Lipinski definition) is 5. The van der Waals surface area contributed by atoms with E-state index in [9.17, 15) is 14.7 Å². The van der Waals surface area contributed by atoms with E-state index in [0.717, 1.165) is 16.5 Å². The average molecular weight is 374 g/mol. The van der Waals surface area contributed by atoms with Crippen LogP contribution < -0.4 is 4.90 Å². The fraction of sp³-hybridized carbons (Fsp3) is 0.136. The maximum atomic E-state index is 13.0. The van der Waals surface area contributed by atoms with Crippen molar-refractivity contribution in [2.75, 3.05) is 12.0 Å². The number of carbonyl (C=O) groups is 2. The number of ether oxygens (including phenoxy) is 1. The Kier molecular flexibility index (Phi) is 4.53. The largest absolute Gasteiger partial charge is 0.507 e. The number of fused-ring (bicyclic) bond motifs is 2. The van der Waals surface area contributed by atoms with Crippen LogP contribution in [0.4, 0.5) is 5.69 Å². The first-order valence-corrected chi connectivity index (χ1v) is 8.82. The molecule has 0 bridgehead atoms. The lowest BCUT2D eigenvalue weighted by atomic mass is 10.1. The van der Waals surface area contributed by atoms with Crippen molar-refractivity contribution in [3.05, 3.63) is 77.5 Å². The van der Waals surface area contributed by atoms with Gasteiger partial charge < -0.3 is 14.7 Å². The average Bonchev–Trinajstić information content (AvgIpc) is 2.83. The number of anilines is 1. The van der Waals surface area contributed by atoms with Gasteiger partial charge >= 0.3 is 5.97 Å². The van der Waals surface area contributed by atoms with Crippen LogP contribution in [0.15, 0.2) is 66.4 Å². The molecule has 6 heteroatoms. The van der Waals surface area contributed by atoms with Gasteiger partial charge in [0.15, 0.2) is 0 Å². The Morgan fingerprint density at radius 1 is 1.18 bits per heavy atom. The molecule has 1 aliphatic heterocycles. The number of methoxy groups -OCH3 is 1. The lowest BCUT2D eigenvalue weighted by Gasteiger charge is -2.23. The van der Waals surface area contributed by atoms with Crippen molar-refractivity contribution in [2.24, 2.45) is 0 Å². The Labute approximate surface area is 161 Å². The van der Waals surface area contributed by atoms with E-state index in [1.165, 1.54) is 7.11 Å². The summed E-state index contributed by atoms with van der Waals surface area (Å²) in [5, 5.41) is 11.6. The van der Waals surface area contributed by atoms with Crippen molar-refractivity contribution in [1.82, 2.24) is 4.98 Å². The van der Waals surface area contributed by atoms with Gasteiger partial charge in [-0.1, -0.05) is 30.3 Å². The fourth-order valence-electron chi connectivity index (χ4n) is 3.39. The molecule has 1 N–H and O–H groups in total. The second-order valence-corrected chi connectivity index (χ2v) is 6.53. The molecule has 2 heterocycles. The zero-order valence-corrected chi connectivity index (χ0v) is 15.3. The number of nitrogens with zero attached hydrogens (tertiary/aromatic N) is 2. The molecule has 0 aliphatic carbocycles. The summed E-state index contributed by atoms with van der Waals surface area (Å²) in [4.78, 5) is 31.1. The highest BCUT2D eigenvalue weighted by Gasteiger charge is 2.31. The van der Waals surface area contributed by atoms with Crippen LogP contribution in [0, 0.1) is 0 Å². The first-order valence-electron chi connectivity index (χ1n) is 8.82. The van der Waals surface area contributed by atoms with Crippen molar-refractivity contribution in [1.29, 1.82) is 0 Å². The van der Waals surface area contributed by atoms with E-state index in [1.54, 1.807) is 35.4 Å². The molecule has 6 nitrogen and oxygen atoms in total. The van der Waals surface area contributed by atoms with Gasteiger partial charge in [-0.3, -0.25) is 9.78 Å². The molecule has 1 aliphatic rings. The third kappa shape index (κ3) is 3.09. The van der Waals surface area contributed by atoms with Crippen molar-refractivity contribution in [3.8, 4) is 0 Å². The van der Waals surface area contributed by atoms with Gasteiger partial charge in [0.25, 0.3) is 0 Å². The van der Waals surface area contributed by atoms with Crippen LogP contribution in [0.1, 0.15) is 17.5 Å². The highest BCUT2D eigenvalue weighted by atomic mass is 16.5. The number of esters is 1. The Bertz CT molecular complexity index is 1120. The molecule has 3 aromatic rings. The number of para-hydroxylation sites is 2. The number of carbonyl (C=O) groups excluding carboxylic acids is 2. The zero-order valence-electron chi connectivity index (χ0n) is 15.3. The van der Waals surface area contributed by atoms with Crippen LogP contribution in [-0.4, -0.2) is 29.1 Å². The molecule has 0 fully saturated rings. The standard InChI is InChI=1S/C22H18N2O4/c1-28-22(27)17-11-20(25)24(19-9-5-3-7-16(19)21(17)26)13-14-10-15-6-2-4-8-18(15)23-12-14/h2-10,12,26H,11,13H2,1H3. The monoisotopic (exact) mass is 374 g/mol. The summed E-state index contributed by atoms with van der Waals surface area (Å²) in [6.07, 6.45) is 1.49. The van der Waals surface area contributed by atoms with E-state index in [1.807, 2.05) is 30.3 Å². The minimum Gasteiger partial charge on any atom is -0.507 e. The van der Waals surface area contributed by atoms with Crippen molar-refractivity contribution >= 4 is 34.2 Å². The number of aliphatic hydroxyl groups excluding tert-OH is 1. The predicted octanol–water partition coefficient (Wildman–Crippen LogP) is 3.61. The Morgan fingerprint density at radius 3 is 2.75 bits per heavy atom.